The summed E-state index contributed by atoms with van der Waals surface area (Å²) in [5.74, 6) is -0.0143. The van der Waals surface area contributed by atoms with Gasteiger partial charge in [-0.25, -0.2) is 12.8 Å². The van der Waals surface area contributed by atoms with Crippen LogP contribution in [0.25, 0.3) is 0 Å². The van der Waals surface area contributed by atoms with Crippen molar-refractivity contribution in [2.24, 2.45) is 0 Å². The second-order valence-electron chi connectivity index (χ2n) is 4.11. The van der Waals surface area contributed by atoms with Gasteiger partial charge < -0.3 is 5.32 Å². The number of benzene rings is 1. The summed E-state index contributed by atoms with van der Waals surface area (Å²) in [4.78, 5) is 0. The molecule has 17 heavy (non-hydrogen) atoms. The molecule has 0 saturated carbocycles. The summed E-state index contributed by atoms with van der Waals surface area (Å²) in [5.41, 5.74) is 0.945. The Kier molecular flexibility index (Phi) is 5.58. The maximum absolute atomic E-state index is 12.8. The van der Waals surface area contributed by atoms with Gasteiger partial charge >= 0.3 is 0 Å². The van der Waals surface area contributed by atoms with Crippen LogP contribution in [-0.4, -0.2) is 33.5 Å². The van der Waals surface area contributed by atoms with Gasteiger partial charge in [0.15, 0.2) is 0 Å². The molecular formula is C12H18FNO2S. The predicted octanol–water partition coefficient (Wildman–Crippen LogP) is 1.39. The molecule has 1 rings (SSSR count). The molecule has 0 amide bonds. The van der Waals surface area contributed by atoms with Gasteiger partial charge in [0.1, 0.15) is 15.7 Å². The molecule has 0 radical (unpaired) electrons. The first-order chi connectivity index (χ1) is 7.97. The Morgan fingerprint density at radius 1 is 1.29 bits per heavy atom. The molecule has 0 spiro atoms. The molecule has 0 unspecified atom stereocenters. The molecule has 1 N–H and O–H groups in total. The van der Waals surface area contributed by atoms with Gasteiger partial charge in [-0.2, -0.15) is 0 Å². The van der Waals surface area contributed by atoms with Crippen molar-refractivity contribution < 1.29 is 12.8 Å². The monoisotopic (exact) mass is 259 g/mol. The highest BCUT2D eigenvalue weighted by Crippen LogP contribution is 2.03. The Hall–Kier alpha value is -0.940. The molecule has 1 aromatic rings. The summed E-state index contributed by atoms with van der Waals surface area (Å²) in [6.07, 6.45) is 2.60. The molecule has 0 saturated heterocycles. The summed E-state index contributed by atoms with van der Waals surface area (Å²) >= 11 is 0. The highest BCUT2D eigenvalue weighted by molar-refractivity contribution is 7.90. The predicted molar refractivity (Wildman–Crippen MR) is 67.3 cm³/mol. The van der Waals surface area contributed by atoms with Crippen LogP contribution in [0.4, 0.5) is 4.39 Å². The van der Waals surface area contributed by atoms with E-state index in [1.54, 1.807) is 6.07 Å². The van der Waals surface area contributed by atoms with Crippen molar-refractivity contribution in [2.75, 3.05) is 25.1 Å². The van der Waals surface area contributed by atoms with Crippen LogP contribution in [0.15, 0.2) is 24.3 Å². The smallest absolute Gasteiger partial charge is 0.147 e. The minimum absolute atomic E-state index is 0.208. The van der Waals surface area contributed by atoms with Gasteiger partial charge in [0.25, 0.3) is 0 Å². The molecule has 0 heterocycles. The molecule has 3 nitrogen and oxygen atoms in total. The van der Waals surface area contributed by atoms with Crippen LogP contribution >= 0.6 is 0 Å². The lowest BCUT2D eigenvalue weighted by molar-refractivity contribution is 0.593. The summed E-state index contributed by atoms with van der Waals surface area (Å²) in [5, 5.41) is 3.14. The second-order valence-corrected chi connectivity index (χ2v) is 6.37. The van der Waals surface area contributed by atoms with E-state index in [1.165, 1.54) is 18.4 Å². The third-order valence-electron chi connectivity index (χ3n) is 2.35. The van der Waals surface area contributed by atoms with Gasteiger partial charge in [0.05, 0.1) is 5.75 Å². The van der Waals surface area contributed by atoms with Crippen molar-refractivity contribution in [3.63, 3.8) is 0 Å². The number of rotatable bonds is 7. The van der Waals surface area contributed by atoms with Crippen molar-refractivity contribution in [1.29, 1.82) is 0 Å². The zero-order chi connectivity index (χ0) is 12.7. The van der Waals surface area contributed by atoms with Gasteiger partial charge in [0.2, 0.25) is 0 Å². The van der Waals surface area contributed by atoms with Crippen molar-refractivity contribution in [2.45, 2.75) is 12.8 Å². The first-order valence-electron chi connectivity index (χ1n) is 5.60. The molecule has 1 aromatic carbocycles. The summed E-state index contributed by atoms with van der Waals surface area (Å²) < 4.78 is 34.5. The van der Waals surface area contributed by atoms with Gasteiger partial charge in [-0.1, -0.05) is 12.1 Å². The van der Waals surface area contributed by atoms with Gasteiger partial charge in [-0.3, -0.25) is 0 Å². The van der Waals surface area contributed by atoms with Crippen LogP contribution in [-0.2, 0) is 16.3 Å². The number of hydrogen-bond donors (Lipinski definition) is 1. The summed E-state index contributed by atoms with van der Waals surface area (Å²) in [7, 11) is -2.86. The van der Waals surface area contributed by atoms with Crippen LogP contribution in [0.1, 0.15) is 12.0 Å². The van der Waals surface area contributed by atoms with Gasteiger partial charge in [0, 0.05) is 6.26 Å². The lowest BCUT2D eigenvalue weighted by Crippen LogP contribution is -2.20. The minimum atomic E-state index is -2.86. The molecule has 0 aliphatic heterocycles. The van der Waals surface area contributed by atoms with Crippen LogP contribution in [0.2, 0.25) is 0 Å². The first-order valence-corrected chi connectivity index (χ1v) is 7.66. The third kappa shape index (κ3) is 7.07. The Bertz CT molecular complexity index is 446. The number of nitrogens with one attached hydrogen (secondary N) is 1. The maximum atomic E-state index is 12.8. The number of hydrogen-bond acceptors (Lipinski definition) is 3. The van der Waals surface area contributed by atoms with Gasteiger partial charge in [-0.15, -0.1) is 0 Å². The molecule has 0 aliphatic rings. The van der Waals surface area contributed by atoms with E-state index in [-0.39, 0.29) is 11.6 Å². The Morgan fingerprint density at radius 3 is 2.71 bits per heavy atom. The van der Waals surface area contributed by atoms with Crippen LogP contribution in [0.5, 0.6) is 0 Å². The van der Waals surface area contributed by atoms with Gasteiger partial charge in [-0.05, 0) is 43.6 Å². The Morgan fingerprint density at radius 2 is 2.06 bits per heavy atom. The van der Waals surface area contributed by atoms with Crippen LogP contribution < -0.4 is 5.32 Å². The molecule has 0 aliphatic carbocycles. The van der Waals surface area contributed by atoms with E-state index in [0.717, 1.165) is 18.5 Å². The fraction of sp³-hybridized carbons (Fsp3) is 0.500. The highest BCUT2D eigenvalue weighted by Gasteiger charge is 2.00. The average molecular weight is 259 g/mol. The van der Waals surface area contributed by atoms with Crippen molar-refractivity contribution in [3.8, 4) is 0 Å². The zero-order valence-electron chi connectivity index (χ0n) is 9.95. The fourth-order valence-electron chi connectivity index (χ4n) is 1.51. The van der Waals surface area contributed by atoms with Crippen molar-refractivity contribution in [1.82, 2.24) is 5.32 Å². The second kappa shape index (κ2) is 6.71. The lowest BCUT2D eigenvalue weighted by Gasteiger charge is -2.04. The fourth-order valence-corrected chi connectivity index (χ4v) is 2.18. The quantitative estimate of drug-likeness (QED) is 0.753. The van der Waals surface area contributed by atoms with E-state index in [1.807, 2.05) is 6.07 Å². The van der Waals surface area contributed by atoms with Crippen LogP contribution in [0, 0.1) is 5.82 Å². The SMILES string of the molecule is CS(=O)(=O)CCCNCCc1cccc(F)c1. The number of sulfone groups is 1. The van der Waals surface area contributed by atoms with E-state index < -0.39 is 9.84 Å². The minimum Gasteiger partial charge on any atom is -0.316 e. The molecule has 0 atom stereocenters. The molecule has 0 aromatic heterocycles. The first kappa shape index (κ1) is 14.1. The zero-order valence-corrected chi connectivity index (χ0v) is 10.8. The molecule has 0 fully saturated rings. The Labute approximate surface area is 102 Å². The maximum Gasteiger partial charge on any atom is 0.147 e. The van der Waals surface area contributed by atoms with E-state index in [2.05, 4.69) is 5.32 Å². The third-order valence-corrected chi connectivity index (χ3v) is 3.38. The number of halogens is 1. The normalized spacial score (nSPS) is 11.6. The highest BCUT2D eigenvalue weighted by atomic mass is 32.2. The topological polar surface area (TPSA) is 46.2 Å². The van der Waals surface area contributed by atoms with E-state index in [4.69, 9.17) is 0 Å². The average Bonchev–Trinajstić information content (AvgIpc) is 2.22. The summed E-state index contributed by atoms with van der Waals surface area (Å²) in [6.45, 7) is 1.40. The van der Waals surface area contributed by atoms with E-state index in [0.29, 0.717) is 13.0 Å². The molecule has 0 bridgehead atoms. The van der Waals surface area contributed by atoms with Crippen molar-refractivity contribution in [3.05, 3.63) is 35.6 Å². The lowest BCUT2D eigenvalue weighted by atomic mass is 10.1. The Balaban J connectivity index is 2.13. The standard InChI is InChI=1S/C12H18FNO2S/c1-17(15,16)9-3-7-14-8-6-11-4-2-5-12(13)10-11/h2,4-5,10,14H,3,6-9H2,1H3. The van der Waals surface area contributed by atoms with E-state index in [9.17, 15) is 12.8 Å². The van der Waals surface area contributed by atoms with Crippen LogP contribution in [0.3, 0.4) is 0 Å². The molecular weight excluding hydrogens is 241 g/mol. The summed E-state index contributed by atoms with van der Waals surface area (Å²) in [6, 6.07) is 6.50. The van der Waals surface area contributed by atoms with Crippen molar-refractivity contribution >= 4 is 9.84 Å². The van der Waals surface area contributed by atoms with E-state index >= 15 is 0 Å². The molecule has 96 valence electrons. The largest absolute Gasteiger partial charge is 0.316 e. The molecule has 5 heteroatoms.